The number of alkyl halides is 4. The van der Waals surface area contributed by atoms with Crippen LogP contribution in [0.5, 0.6) is 0 Å². The Balaban J connectivity index is 2.98. The summed E-state index contributed by atoms with van der Waals surface area (Å²) in [6.07, 6.45) is -4.34. The normalized spacial score (nSPS) is 12.5. The number of halogens is 5. The average Bonchev–Trinajstić information content (AvgIpc) is 2.27. The van der Waals surface area contributed by atoms with E-state index in [9.17, 15) is 21.6 Å². The summed E-state index contributed by atoms with van der Waals surface area (Å²) in [7, 11) is -3.69. The molecule has 1 rings (SSSR count). The second kappa shape index (κ2) is 6.32. The van der Waals surface area contributed by atoms with Crippen molar-refractivity contribution in [3.05, 3.63) is 28.2 Å². The molecule has 0 amide bonds. The SMILES string of the molecule is O=S(=O)(CCCCl)Nc1ccc(Br)c(C(F)(F)F)c1. The molecule has 1 aromatic carbocycles. The van der Waals surface area contributed by atoms with Gasteiger partial charge in [-0.25, -0.2) is 8.42 Å². The standard InChI is InChI=1S/C10H10BrClF3NO2S/c11-9-3-2-7(6-8(9)10(13,14)15)16-19(17,18)5-1-4-12/h2-3,6,16H,1,4-5H2. The first-order valence-corrected chi connectivity index (χ1v) is 8.07. The Morgan fingerprint density at radius 3 is 2.47 bits per heavy atom. The minimum absolute atomic E-state index is 0.134. The Morgan fingerprint density at radius 1 is 1.32 bits per heavy atom. The van der Waals surface area contributed by atoms with Crippen molar-refractivity contribution in [3.63, 3.8) is 0 Å². The average molecular weight is 381 g/mol. The Kier molecular flexibility index (Phi) is 5.52. The van der Waals surface area contributed by atoms with Gasteiger partial charge in [-0.3, -0.25) is 4.72 Å². The van der Waals surface area contributed by atoms with Crippen molar-refractivity contribution in [2.75, 3.05) is 16.4 Å². The molecule has 0 spiro atoms. The van der Waals surface area contributed by atoms with Gasteiger partial charge in [0.2, 0.25) is 10.0 Å². The molecule has 0 atom stereocenters. The summed E-state index contributed by atoms with van der Waals surface area (Å²) in [5, 5.41) is 0. The molecule has 0 fully saturated rings. The van der Waals surface area contributed by atoms with E-state index >= 15 is 0 Å². The van der Waals surface area contributed by atoms with Gasteiger partial charge in [0.25, 0.3) is 0 Å². The molecule has 0 radical (unpaired) electrons. The van der Waals surface area contributed by atoms with Crippen LogP contribution in [0, 0.1) is 0 Å². The van der Waals surface area contributed by atoms with Crippen molar-refractivity contribution >= 4 is 43.2 Å². The van der Waals surface area contributed by atoms with Gasteiger partial charge in [-0.1, -0.05) is 15.9 Å². The van der Waals surface area contributed by atoms with Crippen LogP contribution in [0.4, 0.5) is 18.9 Å². The maximum atomic E-state index is 12.6. The number of benzene rings is 1. The van der Waals surface area contributed by atoms with E-state index in [1.807, 2.05) is 0 Å². The molecule has 0 aliphatic carbocycles. The van der Waals surface area contributed by atoms with Crippen LogP contribution in [0.1, 0.15) is 12.0 Å². The van der Waals surface area contributed by atoms with E-state index in [2.05, 4.69) is 20.7 Å². The fourth-order valence-electron chi connectivity index (χ4n) is 1.28. The fourth-order valence-corrected chi connectivity index (χ4v) is 3.16. The van der Waals surface area contributed by atoms with Crippen molar-refractivity contribution in [3.8, 4) is 0 Å². The highest BCUT2D eigenvalue weighted by Crippen LogP contribution is 2.36. The van der Waals surface area contributed by atoms with Crippen LogP contribution in [-0.2, 0) is 16.2 Å². The molecule has 0 aliphatic rings. The van der Waals surface area contributed by atoms with Gasteiger partial charge < -0.3 is 0 Å². The summed E-state index contributed by atoms with van der Waals surface area (Å²) in [4.78, 5) is 0. The zero-order chi connectivity index (χ0) is 14.7. The molecule has 1 aromatic rings. The lowest BCUT2D eigenvalue weighted by atomic mass is 10.2. The Morgan fingerprint density at radius 2 is 1.95 bits per heavy atom. The van der Waals surface area contributed by atoms with E-state index in [1.165, 1.54) is 6.07 Å². The summed E-state index contributed by atoms with van der Waals surface area (Å²) in [5.74, 6) is -0.0804. The highest BCUT2D eigenvalue weighted by Gasteiger charge is 2.33. The number of rotatable bonds is 5. The molecule has 19 heavy (non-hydrogen) atoms. The molecular weight excluding hydrogens is 371 g/mol. The van der Waals surface area contributed by atoms with Gasteiger partial charge in [0.1, 0.15) is 0 Å². The maximum absolute atomic E-state index is 12.6. The van der Waals surface area contributed by atoms with Crippen molar-refractivity contribution in [1.29, 1.82) is 0 Å². The van der Waals surface area contributed by atoms with Gasteiger partial charge >= 0.3 is 6.18 Å². The lowest BCUT2D eigenvalue weighted by Crippen LogP contribution is -2.17. The number of hydrogen-bond acceptors (Lipinski definition) is 2. The Bertz CT molecular complexity index is 548. The van der Waals surface area contributed by atoms with Crippen molar-refractivity contribution in [1.82, 2.24) is 0 Å². The predicted octanol–water partition coefficient (Wildman–Crippen LogP) is 3.84. The second-order valence-electron chi connectivity index (χ2n) is 3.66. The smallest absolute Gasteiger partial charge is 0.284 e. The van der Waals surface area contributed by atoms with E-state index in [0.29, 0.717) is 0 Å². The molecule has 0 saturated carbocycles. The molecule has 3 nitrogen and oxygen atoms in total. The summed E-state index contributed by atoms with van der Waals surface area (Å²) < 4.78 is 62.9. The van der Waals surface area contributed by atoms with Gasteiger partial charge in [0.15, 0.2) is 0 Å². The molecule has 9 heteroatoms. The largest absolute Gasteiger partial charge is 0.417 e. The number of anilines is 1. The van der Waals surface area contributed by atoms with E-state index in [4.69, 9.17) is 11.6 Å². The summed E-state index contributed by atoms with van der Waals surface area (Å²) >= 11 is 8.14. The van der Waals surface area contributed by atoms with E-state index in [-0.39, 0.29) is 28.2 Å². The molecule has 0 bridgehead atoms. The summed E-state index contributed by atoms with van der Waals surface area (Å²) in [5.41, 5.74) is -1.07. The molecule has 108 valence electrons. The Hall–Kier alpha value is -0.470. The fraction of sp³-hybridized carbons (Fsp3) is 0.400. The van der Waals surface area contributed by atoms with Gasteiger partial charge in [0.05, 0.1) is 11.3 Å². The number of nitrogens with one attached hydrogen (secondary N) is 1. The van der Waals surface area contributed by atoms with Crippen LogP contribution in [-0.4, -0.2) is 20.1 Å². The molecule has 1 N–H and O–H groups in total. The molecule has 0 saturated heterocycles. The zero-order valence-electron chi connectivity index (χ0n) is 9.47. The highest BCUT2D eigenvalue weighted by atomic mass is 79.9. The molecule has 0 unspecified atom stereocenters. The van der Waals surface area contributed by atoms with Crippen LogP contribution < -0.4 is 4.72 Å². The number of sulfonamides is 1. The first-order valence-electron chi connectivity index (χ1n) is 5.09. The van der Waals surface area contributed by atoms with Crippen molar-refractivity contribution in [2.24, 2.45) is 0 Å². The molecule has 0 aromatic heterocycles. The quantitative estimate of drug-likeness (QED) is 0.789. The third-order valence-electron chi connectivity index (χ3n) is 2.09. The first kappa shape index (κ1) is 16.6. The second-order valence-corrected chi connectivity index (χ2v) is 6.73. The summed E-state index contributed by atoms with van der Waals surface area (Å²) in [6.45, 7) is 0. The van der Waals surface area contributed by atoms with Crippen molar-refractivity contribution < 1.29 is 21.6 Å². The minimum Gasteiger partial charge on any atom is -0.284 e. The number of hydrogen-bond donors (Lipinski definition) is 1. The van der Waals surface area contributed by atoms with Crippen LogP contribution in [0.2, 0.25) is 0 Å². The Labute approximate surface area is 122 Å². The maximum Gasteiger partial charge on any atom is 0.417 e. The van der Waals surface area contributed by atoms with Crippen LogP contribution in [0.15, 0.2) is 22.7 Å². The van der Waals surface area contributed by atoms with Gasteiger partial charge in [-0.15, -0.1) is 11.6 Å². The summed E-state index contributed by atoms with van der Waals surface area (Å²) in [6, 6.07) is 3.13. The lowest BCUT2D eigenvalue weighted by molar-refractivity contribution is -0.138. The van der Waals surface area contributed by atoms with Crippen LogP contribution in [0.3, 0.4) is 0 Å². The first-order chi connectivity index (χ1) is 8.65. The van der Waals surface area contributed by atoms with Crippen LogP contribution in [0.25, 0.3) is 0 Å². The zero-order valence-corrected chi connectivity index (χ0v) is 12.6. The van der Waals surface area contributed by atoms with Gasteiger partial charge in [-0.05, 0) is 24.6 Å². The molecular formula is C10H10BrClF3NO2S. The monoisotopic (exact) mass is 379 g/mol. The third-order valence-corrected chi connectivity index (χ3v) is 4.42. The highest BCUT2D eigenvalue weighted by molar-refractivity contribution is 9.10. The lowest BCUT2D eigenvalue weighted by Gasteiger charge is -2.12. The predicted molar refractivity (Wildman–Crippen MR) is 71.9 cm³/mol. The molecule has 0 aliphatic heterocycles. The third kappa shape index (κ3) is 5.19. The minimum atomic E-state index is -4.56. The van der Waals surface area contributed by atoms with Crippen molar-refractivity contribution in [2.45, 2.75) is 12.6 Å². The topological polar surface area (TPSA) is 46.2 Å². The van der Waals surface area contributed by atoms with E-state index in [0.717, 1.165) is 12.1 Å². The van der Waals surface area contributed by atoms with E-state index < -0.39 is 21.8 Å². The molecule has 0 heterocycles. The van der Waals surface area contributed by atoms with Gasteiger partial charge in [-0.2, -0.15) is 13.2 Å². The van der Waals surface area contributed by atoms with E-state index in [1.54, 1.807) is 0 Å². The van der Waals surface area contributed by atoms with Gasteiger partial charge in [0, 0.05) is 16.0 Å². The van der Waals surface area contributed by atoms with Crippen LogP contribution >= 0.6 is 27.5 Å².